The highest BCUT2D eigenvalue weighted by atomic mass is 16.5. The maximum atomic E-state index is 13.6. The molecule has 1 aromatic heterocycles. The summed E-state index contributed by atoms with van der Waals surface area (Å²) in [5.74, 6) is 2.35. The van der Waals surface area contributed by atoms with Crippen molar-refractivity contribution in [3.8, 4) is 17.2 Å². The zero-order chi connectivity index (χ0) is 33.3. The van der Waals surface area contributed by atoms with Crippen LogP contribution < -0.4 is 20.1 Å². The van der Waals surface area contributed by atoms with Crippen molar-refractivity contribution < 1.29 is 19.1 Å². The summed E-state index contributed by atoms with van der Waals surface area (Å²) in [6, 6.07) is 21.7. The van der Waals surface area contributed by atoms with E-state index in [0.717, 1.165) is 49.0 Å². The molecule has 2 N–H and O–H groups in total. The smallest absolute Gasteiger partial charge is 0.324 e. The second-order valence-electron chi connectivity index (χ2n) is 13.9. The Hall–Kier alpha value is -4.79. The standard InChI is InChI=1S/C38H45N5O4/c1-24-19-27(38(2,3)4)9-16-33(24)43-35(17-18-39-43)41-37(45)40-28-10-7-25(8-11-28)20-26-21-29-12-13-30(22-26)42(29)36(44)32-15-14-31(46-5)23-34(32)47-6/h7-11,14-19,23,26,29-30H,12-13,20-22H2,1-6H3,(H2,40,41,45). The number of amides is 3. The number of urea groups is 1. The van der Waals surface area contributed by atoms with Gasteiger partial charge in [0, 0.05) is 29.9 Å². The van der Waals surface area contributed by atoms with Crippen LogP contribution in [0, 0.1) is 12.8 Å². The third-order valence-electron chi connectivity index (χ3n) is 9.62. The molecule has 2 fully saturated rings. The molecule has 3 heterocycles. The number of nitrogens with zero attached hydrogens (tertiary/aromatic N) is 3. The van der Waals surface area contributed by atoms with E-state index in [-0.39, 0.29) is 29.4 Å². The van der Waals surface area contributed by atoms with Crippen LogP contribution >= 0.6 is 0 Å². The van der Waals surface area contributed by atoms with Crippen molar-refractivity contribution in [3.05, 3.63) is 95.2 Å². The third-order valence-corrected chi connectivity index (χ3v) is 9.62. The Kier molecular flexibility index (Phi) is 8.99. The van der Waals surface area contributed by atoms with E-state index < -0.39 is 0 Å². The topological polar surface area (TPSA) is 97.7 Å². The Morgan fingerprint density at radius 3 is 2.26 bits per heavy atom. The lowest BCUT2D eigenvalue weighted by Crippen LogP contribution is -2.47. The average Bonchev–Trinajstić information content (AvgIpc) is 3.61. The van der Waals surface area contributed by atoms with Crippen LogP contribution in [0.25, 0.3) is 5.69 Å². The molecule has 9 nitrogen and oxygen atoms in total. The van der Waals surface area contributed by atoms with Crippen LogP contribution in [0.4, 0.5) is 16.3 Å². The number of nitrogens with one attached hydrogen (secondary N) is 2. The van der Waals surface area contributed by atoms with Crippen LogP contribution in [0.3, 0.4) is 0 Å². The van der Waals surface area contributed by atoms with Gasteiger partial charge in [-0.25, -0.2) is 9.48 Å². The van der Waals surface area contributed by atoms with E-state index in [2.05, 4.69) is 78.7 Å². The van der Waals surface area contributed by atoms with E-state index in [9.17, 15) is 9.59 Å². The van der Waals surface area contributed by atoms with E-state index in [1.54, 1.807) is 37.2 Å². The Morgan fingerprint density at radius 1 is 0.894 bits per heavy atom. The maximum absolute atomic E-state index is 13.6. The predicted molar refractivity (Wildman–Crippen MR) is 185 cm³/mol. The van der Waals surface area contributed by atoms with Gasteiger partial charge in [0.25, 0.3) is 5.91 Å². The molecule has 2 bridgehead atoms. The van der Waals surface area contributed by atoms with Gasteiger partial charge < -0.3 is 19.7 Å². The molecule has 2 unspecified atom stereocenters. The van der Waals surface area contributed by atoms with Crippen molar-refractivity contribution in [1.82, 2.24) is 14.7 Å². The lowest BCUT2D eigenvalue weighted by atomic mass is 9.85. The van der Waals surface area contributed by atoms with Gasteiger partial charge in [-0.1, -0.05) is 45.0 Å². The summed E-state index contributed by atoms with van der Waals surface area (Å²) >= 11 is 0. The zero-order valence-corrected chi connectivity index (χ0v) is 28.2. The van der Waals surface area contributed by atoms with E-state index in [1.165, 1.54) is 11.1 Å². The average molecular weight is 636 g/mol. The number of rotatable bonds is 8. The highest BCUT2D eigenvalue weighted by Crippen LogP contribution is 2.42. The van der Waals surface area contributed by atoms with Crippen LogP contribution in [-0.2, 0) is 11.8 Å². The van der Waals surface area contributed by atoms with Crippen LogP contribution in [0.2, 0.25) is 0 Å². The van der Waals surface area contributed by atoms with Gasteiger partial charge >= 0.3 is 6.03 Å². The first-order valence-corrected chi connectivity index (χ1v) is 16.4. The van der Waals surface area contributed by atoms with Crippen molar-refractivity contribution in [1.29, 1.82) is 0 Å². The van der Waals surface area contributed by atoms with Gasteiger partial charge in [-0.2, -0.15) is 5.10 Å². The molecule has 2 saturated heterocycles. The second kappa shape index (κ2) is 13.1. The molecular formula is C38H45N5O4. The number of hydrogen-bond donors (Lipinski definition) is 2. The predicted octanol–water partition coefficient (Wildman–Crippen LogP) is 7.77. The normalized spacial score (nSPS) is 18.9. The lowest BCUT2D eigenvalue weighted by molar-refractivity contribution is 0.0521. The molecule has 2 aliphatic heterocycles. The molecule has 0 aliphatic carbocycles. The Labute approximate surface area is 277 Å². The minimum absolute atomic E-state index is 0.0424. The Balaban J connectivity index is 1.04. The van der Waals surface area contributed by atoms with Crippen LogP contribution in [-0.4, -0.2) is 52.9 Å². The Bertz CT molecular complexity index is 1740. The number of carbonyl (C=O) groups excluding carboxylic acids is 2. The largest absolute Gasteiger partial charge is 0.497 e. The van der Waals surface area contributed by atoms with Crippen LogP contribution in [0.5, 0.6) is 11.5 Å². The second-order valence-corrected chi connectivity index (χ2v) is 13.9. The first-order chi connectivity index (χ1) is 22.5. The number of fused-ring (bicyclic) bond motifs is 2. The van der Waals surface area contributed by atoms with Crippen LogP contribution in [0.1, 0.15) is 73.5 Å². The first kappa shape index (κ1) is 32.2. The number of aryl methyl sites for hydroxylation is 1. The lowest BCUT2D eigenvalue weighted by Gasteiger charge is -2.39. The molecule has 246 valence electrons. The van der Waals surface area contributed by atoms with Crippen molar-refractivity contribution in [2.75, 3.05) is 24.9 Å². The van der Waals surface area contributed by atoms with Gasteiger partial charge in [0.1, 0.15) is 17.3 Å². The number of piperidine rings is 1. The summed E-state index contributed by atoms with van der Waals surface area (Å²) in [6.45, 7) is 8.64. The quantitative estimate of drug-likeness (QED) is 0.206. The number of benzene rings is 3. The monoisotopic (exact) mass is 635 g/mol. The third kappa shape index (κ3) is 6.84. The van der Waals surface area contributed by atoms with E-state index >= 15 is 0 Å². The summed E-state index contributed by atoms with van der Waals surface area (Å²) in [6.07, 6.45) is 6.66. The van der Waals surface area contributed by atoms with Crippen molar-refractivity contribution in [3.63, 3.8) is 0 Å². The number of aromatic nitrogens is 2. The molecule has 3 aromatic carbocycles. The minimum atomic E-state index is -0.328. The van der Waals surface area contributed by atoms with E-state index in [0.29, 0.717) is 28.8 Å². The number of carbonyl (C=O) groups is 2. The molecular weight excluding hydrogens is 590 g/mol. The molecule has 2 aliphatic rings. The first-order valence-electron chi connectivity index (χ1n) is 16.4. The van der Waals surface area contributed by atoms with Crippen LogP contribution in [0.15, 0.2) is 72.9 Å². The summed E-state index contributed by atoms with van der Waals surface area (Å²) in [4.78, 5) is 28.7. The van der Waals surface area contributed by atoms with Gasteiger partial charge in [-0.05, 0) is 97.4 Å². The molecule has 0 saturated carbocycles. The number of anilines is 2. The number of hydrogen-bond acceptors (Lipinski definition) is 5. The molecule has 2 atom stereocenters. The summed E-state index contributed by atoms with van der Waals surface area (Å²) in [7, 11) is 3.19. The molecule has 6 rings (SSSR count). The van der Waals surface area contributed by atoms with Gasteiger partial charge in [0.2, 0.25) is 0 Å². The molecule has 0 spiro atoms. The zero-order valence-electron chi connectivity index (χ0n) is 28.2. The maximum Gasteiger partial charge on any atom is 0.324 e. The summed E-state index contributed by atoms with van der Waals surface area (Å²) < 4.78 is 12.6. The highest BCUT2D eigenvalue weighted by Gasteiger charge is 2.43. The fourth-order valence-corrected chi connectivity index (χ4v) is 7.19. The molecule has 0 radical (unpaired) electrons. The van der Waals surface area contributed by atoms with E-state index in [4.69, 9.17) is 9.47 Å². The SMILES string of the molecule is COc1ccc(C(=O)N2C3CCC2CC(Cc2ccc(NC(=O)Nc4ccnn4-c4ccc(C(C)(C)C)cc4C)cc2)C3)c(OC)c1. The minimum Gasteiger partial charge on any atom is -0.497 e. The fraction of sp³-hybridized carbons (Fsp3) is 0.395. The van der Waals surface area contributed by atoms with E-state index in [1.807, 2.05) is 24.3 Å². The number of ether oxygens (including phenoxy) is 2. The fourth-order valence-electron chi connectivity index (χ4n) is 7.19. The Morgan fingerprint density at radius 2 is 1.62 bits per heavy atom. The molecule has 4 aromatic rings. The summed E-state index contributed by atoms with van der Waals surface area (Å²) in [5, 5.41) is 10.4. The molecule has 9 heteroatoms. The number of methoxy groups -OCH3 is 2. The summed E-state index contributed by atoms with van der Waals surface area (Å²) in [5.41, 5.74) is 5.84. The molecule has 3 amide bonds. The highest BCUT2D eigenvalue weighted by molar-refractivity contribution is 5.99. The van der Waals surface area contributed by atoms with Gasteiger partial charge in [0.15, 0.2) is 0 Å². The molecule has 47 heavy (non-hydrogen) atoms. The van der Waals surface area contributed by atoms with Gasteiger partial charge in [-0.15, -0.1) is 0 Å². The van der Waals surface area contributed by atoms with Crippen molar-refractivity contribution in [2.45, 2.75) is 77.3 Å². The van der Waals surface area contributed by atoms with Gasteiger partial charge in [-0.3, -0.25) is 10.1 Å². The van der Waals surface area contributed by atoms with Crippen molar-refractivity contribution in [2.24, 2.45) is 5.92 Å². The van der Waals surface area contributed by atoms with Gasteiger partial charge in [0.05, 0.1) is 31.7 Å². The van der Waals surface area contributed by atoms with Crippen molar-refractivity contribution >= 4 is 23.4 Å².